The lowest BCUT2D eigenvalue weighted by Gasteiger charge is -2.23. The van der Waals surface area contributed by atoms with Gasteiger partial charge < -0.3 is 10.2 Å². The standard InChI is InChI=1S/C18H18F3N3O4S2/c19-18(20,21)11-22-30(27,28)13-7-5-12(6-8-13)23-16(25)14-3-1-9-24(14)17(26)15-4-2-10-29-15/h2,4-8,10,14,22H,1,3,9,11H2,(H,23,25)/t14-/m0/s1. The maximum Gasteiger partial charge on any atom is 0.402 e. The van der Waals surface area contributed by atoms with Crippen molar-refractivity contribution in [1.82, 2.24) is 9.62 Å². The number of anilines is 1. The number of hydrogen-bond donors (Lipinski definition) is 2. The van der Waals surface area contributed by atoms with E-state index in [-0.39, 0.29) is 16.5 Å². The van der Waals surface area contributed by atoms with Crippen LogP contribution in [0.4, 0.5) is 18.9 Å². The van der Waals surface area contributed by atoms with E-state index in [2.05, 4.69) is 5.32 Å². The topological polar surface area (TPSA) is 95.6 Å². The third-order valence-corrected chi connectivity index (χ3v) is 6.72. The second-order valence-corrected chi connectivity index (χ2v) is 9.30. The molecule has 1 atom stereocenters. The van der Waals surface area contributed by atoms with Gasteiger partial charge in [-0.25, -0.2) is 13.1 Å². The van der Waals surface area contributed by atoms with Crippen molar-refractivity contribution in [1.29, 1.82) is 0 Å². The normalized spacial score (nSPS) is 17.2. The van der Waals surface area contributed by atoms with Gasteiger partial charge in [0.25, 0.3) is 5.91 Å². The summed E-state index contributed by atoms with van der Waals surface area (Å²) in [6, 6.07) is 7.53. The smallest absolute Gasteiger partial charge is 0.326 e. The summed E-state index contributed by atoms with van der Waals surface area (Å²) in [6.45, 7) is -1.22. The zero-order chi connectivity index (χ0) is 21.9. The Morgan fingerprint density at radius 2 is 1.87 bits per heavy atom. The van der Waals surface area contributed by atoms with Gasteiger partial charge in [-0.2, -0.15) is 13.2 Å². The Balaban J connectivity index is 1.65. The van der Waals surface area contributed by atoms with Crippen LogP contribution in [0, 0.1) is 0 Å². The van der Waals surface area contributed by atoms with Gasteiger partial charge in [0.2, 0.25) is 15.9 Å². The predicted octanol–water partition coefficient (Wildman–Crippen LogP) is 2.83. The van der Waals surface area contributed by atoms with Crippen LogP contribution in [0.1, 0.15) is 22.5 Å². The first kappa shape index (κ1) is 22.2. The van der Waals surface area contributed by atoms with Crippen LogP contribution in [-0.4, -0.2) is 50.4 Å². The number of thiophene rings is 1. The molecule has 2 heterocycles. The van der Waals surface area contributed by atoms with E-state index >= 15 is 0 Å². The number of nitrogens with one attached hydrogen (secondary N) is 2. The minimum Gasteiger partial charge on any atom is -0.326 e. The van der Waals surface area contributed by atoms with Crippen molar-refractivity contribution < 1.29 is 31.2 Å². The zero-order valence-electron chi connectivity index (χ0n) is 15.5. The van der Waals surface area contributed by atoms with Crippen LogP contribution in [0.3, 0.4) is 0 Å². The predicted molar refractivity (Wildman–Crippen MR) is 105 cm³/mol. The first-order valence-corrected chi connectivity index (χ1v) is 11.2. The molecule has 2 amide bonds. The van der Waals surface area contributed by atoms with Gasteiger partial charge in [-0.15, -0.1) is 11.3 Å². The monoisotopic (exact) mass is 461 g/mol. The van der Waals surface area contributed by atoms with E-state index in [0.29, 0.717) is 24.3 Å². The highest BCUT2D eigenvalue weighted by molar-refractivity contribution is 7.89. The van der Waals surface area contributed by atoms with Crippen LogP contribution in [0.2, 0.25) is 0 Å². The molecule has 30 heavy (non-hydrogen) atoms. The summed E-state index contributed by atoms with van der Waals surface area (Å²) in [5, 5.41) is 4.40. The molecular weight excluding hydrogens is 443 g/mol. The highest BCUT2D eigenvalue weighted by Gasteiger charge is 2.35. The zero-order valence-corrected chi connectivity index (χ0v) is 17.1. The lowest BCUT2D eigenvalue weighted by atomic mass is 10.2. The van der Waals surface area contributed by atoms with Gasteiger partial charge in [-0.1, -0.05) is 6.07 Å². The molecule has 0 aliphatic carbocycles. The summed E-state index contributed by atoms with van der Waals surface area (Å²) in [5.74, 6) is -0.636. The fourth-order valence-electron chi connectivity index (χ4n) is 3.03. The van der Waals surface area contributed by atoms with Crippen molar-refractivity contribution in [2.45, 2.75) is 30.0 Å². The van der Waals surface area contributed by atoms with Crippen LogP contribution in [0.25, 0.3) is 0 Å². The lowest BCUT2D eigenvalue weighted by Crippen LogP contribution is -2.42. The number of amides is 2. The molecule has 0 bridgehead atoms. The van der Waals surface area contributed by atoms with Gasteiger partial charge in [0, 0.05) is 12.2 Å². The molecule has 1 aliphatic heterocycles. The van der Waals surface area contributed by atoms with E-state index in [0.717, 1.165) is 12.1 Å². The van der Waals surface area contributed by atoms with Crippen LogP contribution in [-0.2, 0) is 14.8 Å². The van der Waals surface area contributed by atoms with E-state index in [1.165, 1.54) is 33.1 Å². The van der Waals surface area contributed by atoms with Crippen molar-refractivity contribution in [2.75, 3.05) is 18.4 Å². The average molecular weight is 461 g/mol. The van der Waals surface area contributed by atoms with Crippen molar-refractivity contribution in [2.24, 2.45) is 0 Å². The molecule has 1 aromatic heterocycles. The molecule has 0 unspecified atom stereocenters. The average Bonchev–Trinajstić information content (AvgIpc) is 3.38. The lowest BCUT2D eigenvalue weighted by molar-refractivity contribution is -0.121. The minimum atomic E-state index is -4.67. The van der Waals surface area contributed by atoms with Crippen LogP contribution in [0.15, 0.2) is 46.7 Å². The Kier molecular flexibility index (Phi) is 6.48. The van der Waals surface area contributed by atoms with Crippen molar-refractivity contribution in [3.05, 3.63) is 46.7 Å². The van der Waals surface area contributed by atoms with Gasteiger partial charge >= 0.3 is 6.18 Å². The number of nitrogens with zero attached hydrogens (tertiary/aromatic N) is 1. The first-order chi connectivity index (χ1) is 14.1. The summed E-state index contributed by atoms with van der Waals surface area (Å²) >= 11 is 1.29. The minimum absolute atomic E-state index is 0.222. The van der Waals surface area contributed by atoms with Crippen LogP contribution in [0.5, 0.6) is 0 Å². The summed E-state index contributed by atoms with van der Waals surface area (Å²) in [6.07, 6.45) is -3.50. The van der Waals surface area contributed by atoms with E-state index in [1.807, 2.05) is 0 Å². The highest BCUT2D eigenvalue weighted by Crippen LogP contribution is 2.24. The van der Waals surface area contributed by atoms with Gasteiger partial charge in [-0.3, -0.25) is 9.59 Å². The molecule has 12 heteroatoms. The number of hydrogen-bond acceptors (Lipinski definition) is 5. The third-order valence-electron chi connectivity index (χ3n) is 4.44. The number of likely N-dealkylation sites (tertiary alicyclic amines) is 1. The Morgan fingerprint density at radius 1 is 1.17 bits per heavy atom. The number of halogens is 3. The second-order valence-electron chi connectivity index (χ2n) is 6.59. The summed E-state index contributed by atoms with van der Waals surface area (Å²) in [5.41, 5.74) is 0.269. The molecule has 1 aliphatic rings. The number of carbonyl (C=O) groups excluding carboxylic acids is 2. The molecule has 7 nitrogen and oxygen atoms in total. The number of alkyl halides is 3. The van der Waals surface area contributed by atoms with E-state index < -0.39 is 34.7 Å². The molecule has 1 fully saturated rings. The summed E-state index contributed by atoms with van der Waals surface area (Å²) < 4.78 is 62.0. The molecule has 2 N–H and O–H groups in total. The van der Waals surface area contributed by atoms with Crippen molar-refractivity contribution in [3.63, 3.8) is 0 Å². The van der Waals surface area contributed by atoms with E-state index in [1.54, 1.807) is 17.5 Å². The summed E-state index contributed by atoms with van der Waals surface area (Å²) in [4.78, 5) is 26.9. The molecule has 1 saturated heterocycles. The maximum absolute atomic E-state index is 12.6. The molecule has 0 spiro atoms. The van der Waals surface area contributed by atoms with Gasteiger partial charge in [0.15, 0.2) is 0 Å². The molecule has 162 valence electrons. The maximum atomic E-state index is 12.6. The van der Waals surface area contributed by atoms with Gasteiger partial charge in [0.1, 0.15) is 12.6 Å². The fourth-order valence-corrected chi connectivity index (χ4v) is 4.72. The fraction of sp³-hybridized carbons (Fsp3) is 0.333. The molecule has 1 aromatic carbocycles. The number of benzene rings is 1. The first-order valence-electron chi connectivity index (χ1n) is 8.89. The number of sulfonamides is 1. The largest absolute Gasteiger partial charge is 0.402 e. The SMILES string of the molecule is O=C(Nc1ccc(S(=O)(=O)NCC(F)(F)F)cc1)[C@@H]1CCCN1C(=O)c1cccs1. The van der Waals surface area contributed by atoms with Gasteiger partial charge in [-0.05, 0) is 48.6 Å². The van der Waals surface area contributed by atoms with Crippen LogP contribution >= 0.6 is 11.3 Å². The van der Waals surface area contributed by atoms with Gasteiger partial charge in [0.05, 0.1) is 9.77 Å². The van der Waals surface area contributed by atoms with Crippen molar-refractivity contribution in [3.8, 4) is 0 Å². The number of carbonyl (C=O) groups is 2. The Labute approximate surface area is 174 Å². The van der Waals surface area contributed by atoms with E-state index in [4.69, 9.17) is 0 Å². The molecule has 0 saturated carbocycles. The Hall–Kier alpha value is -2.44. The molecule has 2 aromatic rings. The highest BCUT2D eigenvalue weighted by atomic mass is 32.2. The summed E-state index contributed by atoms with van der Waals surface area (Å²) in [7, 11) is -4.33. The molecular formula is C18H18F3N3O4S2. The second kappa shape index (κ2) is 8.74. The number of rotatable bonds is 6. The van der Waals surface area contributed by atoms with E-state index in [9.17, 15) is 31.2 Å². The van der Waals surface area contributed by atoms with Crippen LogP contribution < -0.4 is 10.0 Å². The quantitative estimate of drug-likeness (QED) is 0.692. The van der Waals surface area contributed by atoms with Crippen molar-refractivity contribution >= 4 is 38.9 Å². The Bertz CT molecular complexity index is 1010. The Morgan fingerprint density at radius 3 is 2.47 bits per heavy atom. The third kappa shape index (κ3) is 5.37. The molecule has 3 rings (SSSR count). The molecule has 0 radical (unpaired) electrons.